The molecule has 0 heterocycles. The molecule has 2 N–H and O–H groups in total. The second-order valence-electron chi connectivity index (χ2n) is 12.2. The highest BCUT2D eigenvalue weighted by Gasteiger charge is 2.22. The molecular weight excluding hydrogens is 514 g/mol. The average Bonchev–Trinajstić information content (AvgIpc) is 2.95. The number of hydrogen-bond acceptors (Lipinski definition) is 4. The molecule has 41 heavy (non-hydrogen) atoms. The number of aliphatic carboxylic acids is 1. The summed E-state index contributed by atoms with van der Waals surface area (Å²) in [5, 5.41) is 12.2. The van der Waals surface area contributed by atoms with Crippen molar-refractivity contribution in [3.05, 3.63) is 0 Å². The number of rotatable bonds is 31. The van der Waals surface area contributed by atoms with Crippen molar-refractivity contribution >= 4 is 17.8 Å². The van der Waals surface area contributed by atoms with E-state index < -0.39 is 12.0 Å². The van der Waals surface area contributed by atoms with E-state index in [9.17, 15) is 19.5 Å². The van der Waals surface area contributed by atoms with Gasteiger partial charge in [0.15, 0.2) is 0 Å². The van der Waals surface area contributed by atoms with Gasteiger partial charge in [-0.05, 0) is 31.6 Å². The van der Waals surface area contributed by atoms with E-state index in [-0.39, 0.29) is 24.7 Å². The van der Waals surface area contributed by atoms with E-state index in [2.05, 4.69) is 26.1 Å². The molecule has 6 heteroatoms. The molecule has 0 saturated heterocycles. The summed E-state index contributed by atoms with van der Waals surface area (Å²) in [5.74, 6) is -1.32. The number of ether oxygens (including phenoxy) is 1. The Morgan fingerprint density at radius 3 is 1.41 bits per heavy atom. The van der Waals surface area contributed by atoms with Crippen molar-refractivity contribution in [2.24, 2.45) is 5.92 Å². The van der Waals surface area contributed by atoms with Crippen LogP contribution in [0.15, 0.2) is 0 Å². The number of hydrogen-bond donors (Lipinski definition) is 2. The number of carbonyl (C=O) groups excluding carboxylic acids is 2. The van der Waals surface area contributed by atoms with Gasteiger partial charge in [-0.3, -0.25) is 9.59 Å². The molecule has 1 amide bonds. The van der Waals surface area contributed by atoms with Crippen LogP contribution in [-0.2, 0) is 19.1 Å². The molecule has 6 nitrogen and oxygen atoms in total. The predicted molar refractivity (Wildman–Crippen MR) is 171 cm³/mol. The molecule has 0 rings (SSSR count). The first-order valence-corrected chi connectivity index (χ1v) is 17.6. The Morgan fingerprint density at radius 2 is 0.976 bits per heavy atom. The van der Waals surface area contributed by atoms with Gasteiger partial charge in [-0.2, -0.15) is 0 Å². The first-order chi connectivity index (χ1) is 19.9. The minimum atomic E-state index is -1.10. The lowest BCUT2D eigenvalue weighted by Gasteiger charge is -2.18. The van der Waals surface area contributed by atoms with Crippen molar-refractivity contribution in [1.82, 2.24) is 5.32 Å². The Kier molecular flexibility index (Phi) is 28.7. The van der Waals surface area contributed by atoms with Crippen LogP contribution in [0.3, 0.4) is 0 Å². The number of carbonyl (C=O) groups is 3. The monoisotopic (exact) mass is 582 g/mol. The molecule has 0 bridgehead atoms. The Hall–Kier alpha value is -1.59. The summed E-state index contributed by atoms with van der Waals surface area (Å²) in [4.78, 5) is 36.5. The van der Waals surface area contributed by atoms with Gasteiger partial charge in [0.2, 0.25) is 5.91 Å². The summed E-state index contributed by atoms with van der Waals surface area (Å²) in [6.45, 7) is 7.11. The van der Waals surface area contributed by atoms with Gasteiger partial charge in [0.1, 0.15) is 6.04 Å². The third kappa shape index (κ3) is 27.0. The fraction of sp³-hybridized carbons (Fsp3) is 0.914. The SMILES string of the molecule is CCCCCCCCCCCC(=O)N[C@@H](CCC(=O)OCC(CCCCCCCC)CCCCCCCC)C(=O)O. The molecule has 0 radical (unpaired) electrons. The highest BCUT2D eigenvalue weighted by molar-refractivity contribution is 5.84. The van der Waals surface area contributed by atoms with Crippen LogP contribution < -0.4 is 5.32 Å². The van der Waals surface area contributed by atoms with Gasteiger partial charge in [0, 0.05) is 12.8 Å². The first kappa shape index (κ1) is 39.4. The van der Waals surface area contributed by atoms with Gasteiger partial charge in [0.05, 0.1) is 6.61 Å². The van der Waals surface area contributed by atoms with Gasteiger partial charge < -0.3 is 15.2 Å². The van der Waals surface area contributed by atoms with Gasteiger partial charge in [-0.15, -0.1) is 0 Å². The van der Waals surface area contributed by atoms with Crippen LogP contribution in [0.4, 0.5) is 0 Å². The van der Waals surface area contributed by atoms with E-state index in [1.54, 1.807) is 0 Å². The Morgan fingerprint density at radius 1 is 0.561 bits per heavy atom. The highest BCUT2D eigenvalue weighted by Crippen LogP contribution is 2.20. The van der Waals surface area contributed by atoms with Crippen LogP contribution in [0.2, 0.25) is 0 Å². The fourth-order valence-electron chi connectivity index (χ4n) is 5.40. The van der Waals surface area contributed by atoms with E-state index in [0.29, 0.717) is 18.9 Å². The molecule has 0 aromatic rings. The number of unbranched alkanes of at least 4 members (excludes halogenated alkanes) is 18. The largest absolute Gasteiger partial charge is 0.480 e. The zero-order valence-corrected chi connectivity index (χ0v) is 27.3. The summed E-state index contributed by atoms with van der Waals surface area (Å²) in [7, 11) is 0. The van der Waals surface area contributed by atoms with E-state index in [0.717, 1.165) is 32.1 Å². The lowest BCUT2D eigenvalue weighted by molar-refractivity contribution is -0.146. The molecule has 1 atom stereocenters. The molecule has 0 fully saturated rings. The second-order valence-corrected chi connectivity index (χ2v) is 12.2. The predicted octanol–water partition coefficient (Wildman–Crippen LogP) is 9.92. The lowest BCUT2D eigenvalue weighted by atomic mass is 9.94. The quantitative estimate of drug-likeness (QED) is 0.0628. The molecule has 0 aromatic heterocycles. The first-order valence-electron chi connectivity index (χ1n) is 17.6. The van der Waals surface area contributed by atoms with E-state index in [1.807, 2.05) is 0 Å². The number of carboxylic acids is 1. The van der Waals surface area contributed by atoms with Crippen LogP contribution in [0.25, 0.3) is 0 Å². The van der Waals surface area contributed by atoms with Crippen molar-refractivity contribution in [2.45, 2.75) is 194 Å². The molecule has 0 spiro atoms. The van der Waals surface area contributed by atoms with Crippen LogP contribution >= 0.6 is 0 Å². The van der Waals surface area contributed by atoms with Crippen molar-refractivity contribution in [3.8, 4) is 0 Å². The second kappa shape index (κ2) is 29.9. The third-order valence-corrected chi connectivity index (χ3v) is 8.19. The standard InChI is InChI=1S/C35H67NO5/c1-4-7-10-13-16-17-18-21-24-27-33(37)36-32(35(39)40)28-29-34(38)41-30-31(25-22-19-14-11-8-5-2)26-23-20-15-12-9-6-3/h31-32H,4-30H2,1-3H3,(H,36,37)(H,39,40)/t32-/m0/s1. The average molecular weight is 582 g/mol. The molecule has 242 valence electrons. The van der Waals surface area contributed by atoms with Crippen molar-refractivity contribution < 1.29 is 24.2 Å². The molecule has 0 aromatic carbocycles. The summed E-state index contributed by atoms with van der Waals surface area (Å²) in [6.07, 6.45) is 28.2. The summed E-state index contributed by atoms with van der Waals surface area (Å²) in [5.41, 5.74) is 0. The minimum Gasteiger partial charge on any atom is -0.480 e. The summed E-state index contributed by atoms with van der Waals surface area (Å²) in [6, 6.07) is -1.05. The molecular formula is C35H67NO5. The zero-order chi connectivity index (χ0) is 30.4. The van der Waals surface area contributed by atoms with Crippen molar-refractivity contribution in [3.63, 3.8) is 0 Å². The Bertz CT molecular complexity index is 608. The maximum absolute atomic E-state index is 12.5. The molecule has 0 saturated carbocycles. The number of carboxylic acid groups (broad SMARTS) is 1. The van der Waals surface area contributed by atoms with E-state index in [4.69, 9.17) is 4.74 Å². The minimum absolute atomic E-state index is 0.00995. The molecule has 0 unspecified atom stereocenters. The van der Waals surface area contributed by atoms with Gasteiger partial charge >= 0.3 is 11.9 Å². The Labute approximate surface area is 253 Å². The maximum atomic E-state index is 12.5. The molecule has 0 aliphatic heterocycles. The normalized spacial score (nSPS) is 12.0. The van der Waals surface area contributed by atoms with Gasteiger partial charge in [-0.25, -0.2) is 4.79 Å². The number of esters is 1. The van der Waals surface area contributed by atoms with Gasteiger partial charge in [-0.1, -0.05) is 149 Å². The Balaban J connectivity index is 4.33. The van der Waals surface area contributed by atoms with E-state index in [1.165, 1.54) is 116 Å². The maximum Gasteiger partial charge on any atom is 0.326 e. The van der Waals surface area contributed by atoms with E-state index >= 15 is 0 Å². The van der Waals surface area contributed by atoms with Gasteiger partial charge in [0.25, 0.3) is 0 Å². The van der Waals surface area contributed by atoms with Crippen molar-refractivity contribution in [2.75, 3.05) is 6.61 Å². The third-order valence-electron chi connectivity index (χ3n) is 8.19. The van der Waals surface area contributed by atoms with Crippen LogP contribution in [-0.4, -0.2) is 35.6 Å². The summed E-state index contributed by atoms with van der Waals surface area (Å²) < 4.78 is 5.62. The summed E-state index contributed by atoms with van der Waals surface area (Å²) >= 11 is 0. The zero-order valence-electron chi connectivity index (χ0n) is 27.3. The van der Waals surface area contributed by atoms with Crippen LogP contribution in [0.1, 0.15) is 188 Å². The fourth-order valence-corrected chi connectivity index (χ4v) is 5.40. The highest BCUT2D eigenvalue weighted by atomic mass is 16.5. The molecule has 0 aliphatic carbocycles. The topological polar surface area (TPSA) is 92.7 Å². The number of nitrogens with one attached hydrogen (secondary N) is 1. The number of amides is 1. The molecule has 0 aliphatic rings. The lowest BCUT2D eigenvalue weighted by Crippen LogP contribution is -2.41. The smallest absolute Gasteiger partial charge is 0.326 e. The van der Waals surface area contributed by atoms with Crippen LogP contribution in [0.5, 0.6) is 0 Å². The van der Waals surface area contributed by atoms with Crippen LogP contribution in [0, 0.1) is 5.92 Å². The van der Waals surface area contributed by atoms with Crippen molar-refractivity contribution in [1.29, 1.82) is 0 Å².